The minimum atomic E-state index is -0.521. The number of nitrogen functional groups attached to an aromatic ring is 1. The fraction of sp³-hybridized carbons (Fsp3) is 0.533. The summed E-state index contributed by atoms with van der Waals surface area (Å²) in [5, 5.41) is 0. The zero-order valence-electron chi connectivity index (χ0n) is 14.1. The molecule has 3 rings (SSSR count). The van der Waals surface area contributed by atoms with Crippen molar-refractivity contribution in [3.8, 4) is 0 Å². The first-order valence-electron chi connectivity index (χ1n) is 7.57. The molecule has 1 aliphatic heterocycles. The number of rotatable bonds is 6. The molecule has 2 atom stereocenters. The lowest BCUT2D eigenvalue weighted by atomic mass is 10.2. The van der Waals surface area contributed by atoms with Gasteiger partial charge in [-0.2, -0.15) is 0 Å². The smallest absolute Gasteiger partial charge is 0.212 e. The van der Waals surface area contributed by atoms with E-state index in [4.69, 9.17) is 24.7 Å². The summed E-state index contributed by atoms with van der Waals surface area (Å²) in [5.41, 5.74) is 6.94. The molecule has 0 saturated heterocycles. The van der Waals surface area contributed by atoms with Crippen LogP contribution in [-0.2, 0) is 18.9 Å². The minimum absolute atomic E-state index is 0.0253. The molecule has 0 bridgehead atoms. The van der Waals surface area contributed by atoms with Gasteiger partial charge in [-0.1, -0.05) is 0 Å². The number of imidazole rings is 1. The van der Waals surface area contributed by atoms with Crippen molar-refractivity contribution in [1.29, 1.82) is 0 Å². The third-order valence-corrected chi connectivity index (χ3v) is 3.63. The fourth-order valence-corrected chi connectivity index (χ4v) is 2.70. The average Bonchev–Trinajstić information content (AvgIpc) is 3.10. The first-order valence-corrected chi connectivity index (χ1v) is 7.57. The van der Waals surface area contributed by atoms with Crippen molar-refractivity contribution < 1.29 is 18.9 Å². The van der Waals surface area contributed by atoms with Crippen LogP contribution in [-0.4, -0.2) is 52.6 Å². The Balaban J connectivity index is 2.03. The summed E-state index contributed by atoms with van der Waals surface area (Å²) in [6, 6.07) is 0. The standard InChI is InChI=1S/C15H21N5O4/c1-8(2)23-12-11(22-4)9(5-21-3)24-15(12)20-7-19-10-13(16)17-6-18-14(10)20/h6-8,12,15H,5H2,1-4H3,(H2,16,17,18). The number of ether oxygens (including phenoxy) is 4. The van der Waals surface area contributed by atoms with Crippen molar-refractivity contribution in [1.82, 2.24) is 19.5 Å². The van der Waals surface area contributed by atoms with Gasteiger partial charge in [0.15, 0.2) is 29.1 Å². The molecule has 2 aromatic heterocycles. The third-order valence-electron chi connectivity index (χ3n) is 3.63. The van der Waals surface area contributed by atoms with Crippen molar-refractivity contribution in [3.05, 3.63) is 24.2 Å². The maximum absolute atomic E-state index is 6.04. The summed E-state index contributed by atoms with van der Waals surface area (Å²) in [5.74, 6) is 1.49. The molecule has 2 unspecified atom stereocenters. The van der Waals surface area contributed by atoms with Crippen LogP contribution in [0.25, 0.3) is 11.2 Å². The van der Waals surface area contributed by atoms with Gasteiger partial charge in [0.05, 0.1) is 13.2 Å². The zero-order chi connectivity index (χ0) is 17.3. The summed E-state index contributed by atoms with van der Waals surface area (Å²) in [6.45, 7) is 4.18. The topological polar surface area (TPSA) is 107 Å². The Labute approximate surface area is 139 Å². The van der Waals surface area contributed by atoms with Gasteiger partial charge in [0.2, 0.25) is 6.23 Å². The SMILES string of the molecule is COCC1=C(OC)C(OC(C)C)C(n2cnc3c(N)ncnc32)O1. The summed E-state index contributed by atoms with van der Waals surface area (Å²) in [7, 11) is 3.18. The monoisotopic (exact) mass is 335 g/mol. The Bertz CT molecular complexity index is 757. The van der Waals surface area contributed by atoms with E-state index in [1.54, 1.807) is 25.1 Å². The van der Waals surface area contributed by atoms with Gasteiger partial charge in [0, 0.05) is 7.11 Å². The van der Waals surface area contributed by atoms with E-state index in [-0.39, 0.29) is 12.7 Å². The van der Waals surface area contributed by atoms with Crippen LogP contribution in [0.1, 0.15) is 20.1 Å². The van der Waals surface area contributed by atoms with Gasteiger partial charge in [-0.05, 0) is 13.8 Å². The van der Waals surface area contributed by atoms with Crippen LogP contribution in [0.2, 0.25) is 0 Å². The Morgan fingerprint density at radius 3 is 2.75 bits per heavy atom. The molecule has 2 N–H and O–H groups in total. The van der Waals surface area contributed by atoms with Gasteiger partial charge >= 0.3 is 0 Å². The molecule has 0 fully saturated rings. The van der Waals surface area contributed by atoms with Crippen LogP contribution in [0.15, 0.2) is 24.2 Å². The number of nitrogens with two attached hydrogens (primary N) is 1. The summed E-state index contributed by atoms with van der Waals surface area (Å²) in [6.07, 6.45) is 2.01. The molecule has 0 spiro atoms. The summed E-state index contributed by atoms with van der Waals surface area (Å²) in [4.78, 5) is 12.5. The number of hydrogen-bond acceptors (Lipinski definition) is 8. The molecule has 1 aliphatic rings. The molecule has 9 heteroatoms. The van der Waals surface area contributed by atoms with Crippen molar-refractivity contribution in [3.63, 3.8) is 0 Å². The Morgan fingerprint density at radius 2 is 2.08 bits per heavy atom. The van der Waals surface area contributed by atoms with Crippen molar-refractivity contribution in [2.75, 3.05) is 26.6 Å². The predicted octanol–water partition coefficient (Wildman–Crippen LogP) is 1.24. The Kier molecular flexibility index (Phi) is 4.54. The van der Waals surface area contributed by atoms with E-state index in [0.717, 1.165) is 0 Å². The zero-order valence-corrected chi connectivity index (χ0v) is 14.1. The predicted molar refractivity (Wildman–Crippen MR) is 85.8 cm³/mol. The van der Waals surface area contributed by atoms with E-state index in [0.29, 0.717) is 28.5 Å². The number of methoxy groups -OCH3 is 2. The van der Waals surface area contributed by atoms with Gasteiger partial charge < -0.3 is 24.7 Å². The van der Waals surface area contributed by atoms with E-state index >= 15 is 0 Å². The highest BCUT2D eigenvalue weighted by Crippen LogP contribution is 2.37. The summed E-state index contributed by atoms with van der Waals surface area (Å²) >= 11 is 0. The highest BCUT2D eigenvalue weighted by atomic mass is 16.6. The number of hydrogen-bond donors (Lipinski definition) is 1. The number of nitrogens with zero attached hydrogens (tertiary/aromatic N) is 4. The molecule has 0 saturated carbocycles. The average molecular weight is 335 g/mol. The molecule has 0 aliphatic carbocycles. The lowest BCUT2D eigenvalue weighted by Gasteiger charge is -2.23. The second kappa shape index (κ2) is 6.62. The number of anilines is 1. The second-order valence-electron chi connectivity index (χ2n) is 5.62. The maximum Gasteiger partial charge on any atom is 0.212 e. The Hall–Kier alpha value is -2.39. The largest absolute Gasteiger partial charge is 0.494 e. The van der Waals surface area contributed by atoms with E-state index in [2.05, 4.69) is 15.0 Å². The molecule has 2 aromatic rings. The van der Waals surface area contributed by atoms with Gasteiger partial charge in [-0.25, -0.2) is 15.0 Å². The molecule has 130 valence electrons. The van der Waals surface area contributed by atoms with E-state index in [1.165, 1.54) is 6.33 Å². The van der Waals surface area contributed by atoms with Crippen molar-refractivity contribution in [2.24, 2.45) is 0 Å². The Morgan fingerprint density at radius 1 is 1.29 bits per heavy atom. The molecule has 3 heterocycles. The van der Waals surface area contributed by atoms with Gasteiger partial charge in [-0.3, -0.25) is 4.57 Å². The van der Waals surface area contributed by atoms with Crippen LogP contribution in [0, 0.1) is 0 Å². The van der Waals surface area contributed by atoms with E-state index in [1.807, 2.05) is 13.8 Å². The second-order valence-corrected chi connectivity index (χ2v) is 5.62. The van der Waals surface area contributed by atoms with Crippen LogP contribution in [0.3, 0.4) is 0 Å². The van der Waals surface area contributed by atoms with Crippen LogP contribution < -0.4 is 5.73 Å². The maximum atomic E-state index is 6.04. The van der Waals surface area contributed by atoms with E-state index in [9.17, 15) is 0 Å². The molecule has 24 heavy (non-hydrogen) atoms. The highest BCUT2D eigenvalue weighted by molar-refractivity contribution is 5.81. The lowest BCUT2D eigenvalue weighted by Crippen LogP contribution is -2.28. The molecular weight excluding hydrogens is 314 g/mol. The van der Waals surface area contributed by atoms with Crippen molar-refractivity contribution >= 4 is 17.0 Å². The number of aromatic nitrogens is 4. The molecule has 0 radical (unpaired) electrons. The van der Waals surface area contributed by atoms with Crippen molar-refractivity contribution in [2.45, 2.75) is 32.3 Å². The van der Waals surface area contributed by atoms with Crippen LogP contribution in [0.5, 0.6) is 0 Å². The van der Waals surface area contributed by atoms with Gasteiger partial charge in [-0.15, -0.1) is 0 Å². The third kappa shape index (κ3) is 2.76. The van der Waals surface area contributed by atoms with Crippen LogP contribution >= 0.6 is 0 Å². The van der Waals surface area contributed by atoms with E-state index < -0.39 is 12.3 Å². The first kappa shape index (κ1) is 16.5. The quantitative estimate of drug-likeness (QED) is 0.840. The first-order chi connectivity index (χ1) is 11.6. The number of fused-ring (bicyclic) bond motifs is 1. The van der Waals surface area contributed by atoms with Gasteiger partial charge in [0.1, 0.15) is 24.8 Å². The molecule has 9 nitrogen and oxygen atoms in total. The highest BCUT2D eigenvalue weighted by Gasteiger charge is 2.41. The summed E-state index contributed by atoms with van der Waals surface area (Å²) < 4.78 is 24.5. The fourth-order valence-electron chi connectivity index (χ4n) is 2.70. The molecule has 0 aromatic carbocycles. The molecule has 0 amide bonds. The molecular formula is C15H21N5O4. The normalized spacial score (nSPS) is 20.9. The lowest BCUT2D eigenvalue weighted by molar-refractivity contribution is -0.0765. The minimum Gasteiger partial charge on any atom is -0.494 e. The van der Waals surface area contributed by atoms with Crippen LogP contribution in [0.4, 0.5) is 5.82 Å². The van der Waals surface area contributed by atoms with Gasteiger partial charge in [0.25, 0.3) is 0 Å².